The zero-order chi connectivity index (χ0) is 12.3. The lowest BCUT2D eigenvalue weighted by molar-refractivity contribution is 0.275. The highest BCUT2D eigenvalue weighted by Gasteiger charge is 2.20. The van der Waals surface area contributed by atoms with E-state index in [4.69, 9.17) is 5.26 Å². The summed E-state index contributed by atoms with van der Waals surface area (Å²) >= 11 is 0. The molecular weight excluding hydrogens is 212 g/mol. The fraction of sp³-hybridized carbons (Fsp3) is 0.769. The van der Waals surface area contributed by atoms with E-state index in [2.05, 4.69) is 30.2 Å². The van der Waals surface area contributed by atoms with Gasteiger partial charge in [0.1, 0.15) is 5.69 Å². The second kappa shape index (κ2) is 5.31. The van der Waals surface area contributed by atoms with Crippen LogP contribution in [0.5, 0.6) is 0 Å². The maximum atomic E-state index is 8.77. The summed E-state index contributed by atoms with van der Waals surface area (Å²) in [4.78, 5) is 0. The zero-order valence-electron chi connectivity index (χ0n) is 10.7. The van der Waals surface area contributed by atoms with E-state index in [0.717, 1.165) is 23.9 Å². The maximum absolute atomic E-state index is 8.77. The Bertz CT molecular complexity index is 410. The molecule has 1 aliphatic rings. The first-order valence-electron chi connectivity index (χ1n) is 6.51. The van der Waals surface area contributed by atoms with Gasteiger partial charge in [-0.05, 0) is 18.3 Å². The molecule has 1 heterocycles. The molecule has 0 atom stereocenters. The summed E-state index contributed by atoms with van der Waals surface area (Å²) in [5, 5.41) is 17.1. The molecule has 0 unspecified atom stereocenters. The van der Waals surface area contributed by atoms with E-state index in [-0.39, 0.29) is 0 Å². The summed E-state index contributed by atoms with van der Waals surface area (Å²) in [5.41, 5.74) is 2.00. The predicted molar refractivity (Wildman–Crippen MR) is 65.4 cm³/mol. The highest BCUT2D eigenvalue weighted by atomic mass is 15.4. The number of hydrogen-bond donors (Lipinski definition) is 0. The smallest absolute Gasteiger partial charge is 0.100 e. The van der Waals surface area contributed by atoms with Gasteiger partial charge in [-0.3, -0.25) is 0 Å². The summed E-state index contributed by atoms with van der Waals surface area (Å²) in [7, 11) is 0. The van der Waals surface area contributed by atoms with Gasteiger partial charge >= 0.3 is 0 Å². The summed E-state index contributed by atoms with van der Waals surface area (Å²) < 4.78 is 2.01. The van der Waals surface area contributed by atoms with E-state index in [1.807, 2.05) is 4.68 Å². The standard InChI is InChI=1S/C13H20N4/c1-10(2)13-12(6-8-14)15-16-17(13)9-7-11-4-3-5-11/h10-11H,3-7,9H2,1-2H3. The highest BCUT2D eigenvalue weighted by molar-refractivity contribution is 5.17. The summed E-state index contributed by atoms with van der Waals surface area (Å²) in [6, 6.07) is 2.16. The van der Waals surface area contributed by atoms with Crippen LogP contribution in [0.25, 0.3) is 0 Å². The van der Waals surface area contributed by atoms with Crippen molar-refractivity contribution in [2.24, 2.45) is 5.92 Å². The molecule has 0 amide bonds. The second-order valence-corrected chi connectivity index (χ2v) is 5.22. The Hall–Kier alpha value is -1.37. The van der Waals surface area contributed by atoms with Crippen molar-refractivity contribution in [1.82, 2.24) is 15.0 Å². The number of nitrogens with zero attached hydrogens (tertiary/aromatic N) is 4. The van der Waals surface area contributed by atoms with Crippen LogP contribution in [-0.4, -0.2) is 15.0 Å². The van der Waals surface area contributed by atoms with E-state index in [1.165, 1.54) is 25.7 Å². The van der Waals surface area contributed by atoms with Crippen molar-refractivity contribution in [2.75, 3.05) is 0 Å². The molecule has 4 heteroatoms. The Balaban J connectivity index is 2.06. The Kier molecular flexibility index (Phi) is 3.78. The van der Waals surface area contributed by atoms with Crippen molar-refractivity contribution in [1.29, 1.82) is 5.26 Å². The highest BCUT2D eigenvalue weighted by Crippen LogP contribution is 2.30. The van der Waals surface area contributed by atoms with E-state index in [0.29, 0.717) is 12.3 Å². The van der Waals surface area contributed by atoms with E-state index in [9.17, 15) is 0 Å². The lowest BCUT2D eigenvalue weighted by Crippen LogP contribution is -2.16. The van der Waals surface area contributed by atoms with Gasteiger partial charge in [0.25, 0.3) is 0 Å². The minimum atomic E-state index is 0.372. The Morgan fingerprint density at radius 2 is 2.24 bits per heavy atom. The Morgan fingerprint density at radius 1 is 1.47 bits per heavy atom. The molecule has 1 aliphatic carbocycles. The fourth-order valence-corrected chi connectivity index (χ4v) is 2.44. The van der Waals surface area contributed by atoms with Crippen molar-refractivity contribution < 1.29 is 0 Å². The largest absolute Gasteiger partial charge is 0.249 e. The van der Waals surface area contributed by atoms with Gasteiger partial charge in [-0.2, -0.15) is 5.26 Å². The minimum Gasteiger partial charge on any atom is -0.249 e. The van der Waals surface area contributed by atoms with E-state index >= 15 is 0 Å². The quantitative estimate of drug-likeness (QED) is 0.784. The third kappa shape index (κ3) is 2.66. The molecule has 92 valence electrons. The topological polar surface area (TPSA) is 54.5 Å². The van der Waals surface area contributed by atoms with Gasteiger partial charge in [0, 0.05) is 6.54 Å². The van der Waals surface area contributed by atoms with Gasteiger partial charge in [0.05, 0.1) is 18.2 Å². The normalized spacial score (nSPS) is 15.9. The first-order valence-corrected chi connectivity index (χ1v) is 6.51. The number of aryl methyl sites for hydroxylation is 1. The van der Waals surface area contributed by atoms with Gasteiger partial charge in [-0.15, -0.1) is 5.10 Å². The monoisotopic (exact) mass is 232 g/mol. The van der Waals surface area contributed by atoms with Gasteiger partial charge < -0.3 is 0 Å². The molecule has 1 aromatic rings. The lowest BCUT2D eigenvalue weighted by Gasteiger charge is -2.25. The first-order chi connectivity index (χ1) is 8.22. The minimum absolute atomic E-state index is 0.372. The Morgan fingerprint density at radius 3 is 2.76 bits per heavy atom. The average molecular weight is 232 g/mol. The summed E-state index contributed by atoms with van der Waals surface area (Å²) in [6.45, 7) is 5.23. The molecule has 0 aliphatic heterocycles. The van der Waals surface area contributed by atoms with E-state index < -0.39 is 0 Å². The van der Waals surface area contributed by atoms with Crippen LogP contribution in [0.1, 0.15) is 56.8 Å². The van der Waals surface area contributed by atoms with Crippen molar-refractivity contribution in [2.45, 2.75) is 58.4 Å². The van der Waals surface area contributed by atoms with Gasteiger partial charge in [0.15, 0.2) is 0 Å². The molecule has 0 aromatic carbocycles. The lowest BCUT2D eigenvalue weighted by atomic mass is 9.83. The molecule has 0 N–H and O–H groups in total. The van der Waals surface area contributed by atoms with Crippen LogP contribution in [0.15, 0.2) is 0 Å². The van der Waals surface area contributed by atoms with Gasteiger partial charge in [0.2, 0.25) is 0 Å². The molecule has 2 rings (SSSR count). The molecule has 1 aromatic heterocycles. The number of aromatic nitrogens is 3. The third-order valence-electron chi connectivity index (χ3n) is 3.61. The van der Waals surface area contributed by atoms with E-state index in [1.54, 1.807) is 0 Å². The van der Waals surface area contributed by atoms with Crippen molar-refractivity contribution in [3.63, 3.8) is 0 Å². The number of rotatable bonds is 5. The number of nitriles is 1. The second-order valence-electron chi connectivity index (χ2n) is 5.22. The molecular formula is C13H20N4. The average Bonchev–Trinajstić information content (AvgIpc) is 2.59. The van der Waals surface area contributed by atoms with Crippen molar-refractivity contribution >= 4 is 0 Å². The fourth-order valence-electron chi connectivity index (χ4n) is 2.44. The molecule has 0 radical (unpaired) electrons. The van der Waals surface area contributed by atoms with Gasteiger partial charge in [-0.1, -0.05) is 38.3 Å². The first kappa shape index (κ1) is 12.1. The summed E-state index contributed by atoms with van der Waals surface area (Å²) in [5.74, 6) is 1.27. The maximum Gasteiger partial charge on any atom is 0.100 e. The van der Waals surface area contributed by atoms with Crippen molar-refractivity contribution in [3.05, 3.63) is 11.4 Å². The van der Waals surface area contributed by atoms with Crippen LogP contribution in [0, 0.1) is 17.2 Å². The van der Waals surface area contributed by atoms with Gasteiger partial charge in [-0.25, -0.2) is 4.68 Å². The predicted octanol–water partition coefficient (Wildman–Crippen LogP) is 2.66. The summed E-state index contributed by atoms with van der Waals surface area (Å²) in [6.07, 6.45) is 5.71. The van der Waals surface area contributed by atoms with Crippen LogP contribution in [-0.2, 0) is 13.0 Å². The molecule has 0 spiro atoms. The third-order valence-corrected chi connectivity index (χ3v) is 3.61. The van der Waals surface area contributed by atoms with Crippen LogP contribution in [0.2, 0.25) is 0 Å². The number of hydrogen-bond acceptors (Lipinski definition) is 3. The molecule has 4 nitrogen and oxygen atoms in total. The molecule has 0 saturated heterocycles. The SMILES string of the molecule is CC(C)c1c(CC#N)nnn1CCC1CCC1. The van der Waals surface area contributed by atoms with Crippen LogP contribution < -0.4 is 0 Å². The zero-order valence-corrected chi connectivity index (χ0v) is 10.7. The molecule has 0 bridgehead atoms. The molecule has 1 fully saturated rings. The Labute approximate surface area is 103 Å². The van der Waals surface area contributed by atoms with Crippen molar-refractivity contribution in [3.8, 4) is 6.07 Å². The molecule has 17 heavy (non-hydrogen) atoms. The van der Waals surface area contributed by atoms with Crippen LogP contribution in [0.4, 0.5) is 0 Å². The molecule has 1 saturated carbocycles. The van der Waals surface area contributed by atoms with Crippen LogP contribution in [0.3, 0.4) is 0 Å². The van der Waals surface area contributed by atoms with Crippen LogP contribution >= 0.6 is 0 Å².